The van der Waals surface area contributed by atoms with Gasteiger partial charge < -0.3 is 5.32 Å². The van der Waals surface area contributed by atoms with Crippen molar-refractivity contribution in [3.05, 3.63) is 0 Å². The number of alkyl halides is 3. The number of amides is 1. The van der Waals surface area contributed by atoms with Crippen LogP contribution in [0.3, 0.4) is 0 Å². The Bertz CT molecular complexity index is 459. The smallest absolute Gasteiger partial charge is 0.353 e. The lowest BCUT2D eigenvalue weighted by Crippen LogP contribution is -2.56. The number of halogens is 3. The number of rotatable bonds is 3. The molecule has 0 aromatic heterocycles. The second kappa shape index (κ2) is 5.85. The highest BCUT2D eigenvalue weighted by Gasteiger charge is 2.54. The third-order valence-electron chi connectivity index (χ3n) is 5.56. The summed E-state index contributed by atoms with van der Waals surface area (Å²) in [4.78, 5) is 23.8. The van der Waals surface area contributed by atoms with Crippen molar-refractivity contribution in [3.63, 3.8) is 0 Å². The van der Waals surface area contributed by atoms with Gasteiger partial charge in [0.15, 0.2) is 0 Å². The number of hydrogen-bond donors (Lipinski definition) is 1. The molecule has 2 fully saturated rings. The molecule has 2 rings (SSSR count). The molecule has 0 spiro atoms. The molecule has 3 nitrogen and oxygen atoms in total. The van der Waals surface area contributed by atoms with Crippen molar-refractivity contribution in [2.45, 2.75) is 65.1 Å². The molecule has 0 aromatic rings. The van der Waals surface area contributed by atoms with Crippen molar-refractivity contribution in [2.24, 2.45) is 23.2 Å². The maximum Gasteiger partial charge on any atom is 0.391 e. The molecule has 0 radical (unpaired) electrons. The summed E-state index contributed by atoms with van der Waals surface area (Å²) in [5.74, 6) is -1.85. The Balaban J connectivity index is 1.92. The maximum atomic E-state index is 12.8. The van der Waals surface area contributed by atoms with E-state index in [0.717, 1.165) is 0 Å². The van der Waals surface area contributed by atoms with Crippen LogP contribution in [0.15, 0.2) is 0 Å². The van der Waals surface area contributed by atoms with E-state index in [1.54, 1.807) is 0 Å². The Kier molecular flexibility index (Phi) is 4.60. The Morgan fingerprint density at radius 1 is 1.09 bits per heavy atom. The van der Waals surface area contributed by atoms with Crippen molar-refractivity contribution in [1.29, 1.82) is 0 Å². The van der Waals surface area contributed by atoms with E-state index >= 15 is 0 Å². The van der Waals surface area contributed by atoms with Crippen LogP contribution in [0.4, 0.5) is 13.2 Å². The summed E-state index contributed by atoms with van der Waals surface area (Å²) in [5, 5.41) is 2.79. The summed E-state index contributed by atoms with van der Waals surface area (Å²) in [6, 6.07) is -0.403. The van der Waals surface area contributed by atoms with E-state index in [-0.39, 0.29) is 36.4 Å². The third kappa shape index (κ3) is 3.30. The molecule has 2 unspecified atom stereocenters. The molecule has 1 N–H and O–H groups in total. The molecule has 2 aliphatic carbocycles. The van der Waals surface area contributed by atoms with E-state index in [4.69, 9.17) is 0 Å². The van der Waals surface area contributed by atoms with Crippen LogP contribution in [0.5, 0.6) is 0 Å². The minimum Gasteiger partial charge on any atom is -0.353 e. The number of carbonyl (C=O) groups excluding carboxylic acids is 2. The molecule has 0 bridgehead atoms. The van der Waals surface area contributed by atoms with Gasteiger partial charge in [-0.05, 0) is 38.0 Å². The Hall–Kier alpha value is -1.07. The summed E-state index contributed by atoms with van der Waals surface area (Å²) in [6.45, 7) is 5.29. The SMILES string of the molecule is CC(=O)[C@@H]1C[C@H](C(=O)NC2CCCC(C(F)(F)F)C2)C1(C)C. The van der Waals surface area contributed by atoms with Gasteiger partial charge >= 0.3 is 6.18 Å². The van der Waals surface area contributed by atoms with Crippen LogP contribution in [-0.2, 0) is 9.59 Å². The molecule has 126 valence electrons. The average Bonchev–Trinajstić information content (AvgIpc) is 2.36. The third-order valence-corrected chi connectivity index (χ3v) is 5.56. The number of ketones is 1. The predicted molar refractivity (Wildman–Crippen MR) is 76.0 cm³/mol. The molecule has 22 heavy (non-hydrogen) atoms. The molecule has 2 aliphatic rings. The van der Waals surface area contributed by atoms with Gasteiger partial charge in [-0.3, -0.25) is 9.59 Å². The molecule has 1 amide bonds. The van der Waals surface area contributed by atoms with Crippen molar-refractivity contribution < 1.29 is 22.8 Å². The molecule has 4 atom stereocenters. The van der Waals surface area contributed by atoms with E-state index in [9.17, 15) is 22.8 Å². The lowest BCUT2D eigenvalue weighted by Gasteiger charge is -2.50. The molecular weight excluding hydrogens is 295 g/mol. The van der Waals surface area contributed by atoms with Gasteiger partial charge in [0.2, 0.25) is 5.91 Å². The zero-order chi connectivity index (χ0) is 16.7. The van der Waals surface area contributed by atoms with Crippen LogP contribution in [-0.4, -0.2) is 23.9 Å². The predicted octanol–water partition coefficient (Wildman–Crippen LogP) is 3.48. The fourth-order valence-corrected chi connectivity index (χ4v) is 3.98. The fourth-order valence-electron chi connectivity index (χ4n) is 3.98. The minimum atomic E-state index is -4.18. The standard InChI is InChI=1S/C16H24F3NO2/c1-9(21)12-8-13(15(12,2)3)14(22)20-11-6-4-5-10(7-11)16(17,18)19/h10-13H,4-8H2,1-3H3,(H,20,22)/t10?,11?,12-,13+/m0/s1. The van der Waals surface area contributed by atoms with Crippen molar-refractivity contribution in [2.75, 3.05) is 0 Å². The van der Waals surface area contributed by atoms with Crippen LogP contribution >= 0.6 is 0 Å². The van der Waals surface area contributed by atoms with Gasteiger partial charge in [0, 0.05) is 17.9 Å². The highest BCUT2D eigenvalue weighted by Crippen LogP contribution is 2.51. The zero-order valence-corrected chi connectivity index (χ0v) is 13.3. The summed E-state index contributed by atoms with van der Waals surface area (Å²) < 4.78 is 38.4. The first-order valence-electron chi connectivity index (χ1n) is 7.91. The summed E-state index contributed by atoms with van der Waals surface area (Å²) >= 11 is 0. The Labute approximate surface area is 129 Å². The zero-order valence-electron chi connectivity index (χ0n) is 13.3. The first kappa shape index (κ1) is 17.3. The molecule has 0 heterocycles. The van der Waals surface area contributed by atoms with Gasteiger partial charge in [-0.2, -0.15) is 13.2 Å². The normalized spacial score (nSPS) is 34.6. The Morgan fingerprint density at radius 2 is 1.73 bits per heavy atom. The highest BCUT2D eigenvalue weighted by molar-refractivity contribution is 5.87. The van der Waals surface area contributed by atoms with E-state index in [1.165, 1.54) is 6.92 Å². The van der Waals surface area contributed by atoms with E-state index in [0.29, 0.717) is 19.3 Å². The molecular formula is C16H24F3NO2. The average molecular weight is 319 g/mol. The molecule has 0 aliphatic heterocycles. The molecule has 6 heteroatoms. The quantitative estimate of drug-likeness (QED) is 0.866. The topological polar surface area (TPSA) is 46.2 Å². The lowest BCUT2D eigenvalue weighted by molar-refractivity contribution is -0.184. The van der Waals surface area contributed by atoms with Crippen molar-refractivity contribution in [1.82, 2.24) is 5.32 Å². The first-order chi connectivity index (χ1) is 10.0. The van der Waals surface area contributed by atoms with Crippen LogP contribution in [0.1, 0.15) is 52.9 Å². The lowest BCUT2D eigenvalue weighted by atomic mass is 9.53. The summed E-state index contributed by atoms with van der Waals surface area (Å²) in [5.41, 5.74) is -0.409. The first-order valence-corrected chi connectivity index (χ1v) is 7.91. The number of Topliss-reactive ketones (excluding diaryl/α,β-unsaturated/α-hetero) is 1. The monoisotopic (exact) mass is 319 g/mol. The van der Waals surface area contributed by atoms with Gasteiger partial charge in [0.1, 0.15) is 5.78 Å². The van der Waals surface area contributed by atoms with Crippen LogP contribution < -0.4 is 5.32 Å². The molecule has 0 saturated heterocycles. The highest BCUT2D eigenvalue weighted by atomic mass is 19.4. The van der Waals surface area contributed by atoms with Gasteiger partial charge in [0.25, 0.3) is 0 Å². The second-order valence-electron chi connectivity index (χ2n) is 7.38. The van der Waals surface area contributed by atoms with Crippen molar-refractivity contribution in [3.8, 4) is 0 Å². The van der Waals surface area contributed by atoms with Gasteiger partial charge in [-0.1, -0.05) is 20.3 Å². The van der Waals surface area contributed by atoms with Crippen LogP contribution in [0.2, 0.25) is 0 Å². The maximum absolute atomic E-state index is 12.8. The fraction of sp³-hybridized carbons (Fsp3) is 0.875. The van der Waals surface area contributed by atoms with Gasteiger partial charge in [0.05, 0.1) is 5.92 Å². The van der Waals surface area contributed by atoms with E-state index in [1.807, 2.05) is 13.8 Å². The summed E-state index contributed by atoms with van der Waals surface area (Å²) in [7, 11) is 0. The second-order valence-corrected chi connectivity index (χ2v) is 7.38. The van der Waals surface area contributed by atoms with E-state index < -0.39 is 23.6 Å². The summed E-state index contributed by atoms with van der Waals surface area (Å²) in [6.07, 6.45) is -2.47. The number of carbonyl (C=O) groups is 2. The largest absolute Gasteiger partial charge is 0.391 e. The molecule has 0 aromatic carbocycles. The number of nitrogens with one attached hydrogen (secondary N) is 1. The van der Waals surface area contributed by atoms with Crippen LogP contribution in [0, 0.1) is 23.2 Å². The number of hydrogen-bond acceptors (Lipinski definition) is 2. The Morgan fingerprint density at radius 3 is 2.23 bits per heavy atom. The van der Waals surface area contributed by atoms with Crippen LogP contribution in [0.25, 0.3) is 0 Å². The van der Waals surface area contributed by atoms with Gasteiger partial charge in [-0.15, -0.1) is 0 Å². The molecule has 2 saturated carbocycles. The van der Waals surface area contributed by atoms with Crippen molar-refractivity contribution >= 4 is 11.7 Å². The van der Waals surface area contributed by atoms with E-state index in [2.05, 4.69) is 5.32 Å². The van der Waals surface area contributed by atoms with Gasteiger partial charge in [-0.25, -0.2) is 0 Å². The minimum absolute atomic E-state index is 0.0292.